The van der Waals surface area contributed by atoms with E-state index in [1.807, 2.05) is 0 Å². The molecule has 0 atom stereocenters. The van der Waals surface area contributed by atoms with Crippen molar-refractivity contribution in [2.45, 2.75) is 6.42 Å². The number of hydrogen-bond donors (Lipinski definition) is 2. The molecule has 0 aromatic rings. The molecule has 0 aromatic carbocycles. The minimum atomic E-state index is -3.48. The molecule has 0 aliphatic carbocycles. The van der Waals surface area contributed by atoms with Crippen molar-refractivity contribution in [2.75, 3.05) is 18.2 Å². The summed E-state index contributed by atoms with van der Waals surface area (Å²) in [4.78, 5) is 10.7. The molecule has 0 aliphatic rings. The Morgan fingerprint density at radius 1 is 1.50 bits per heavy atom. The topological polar surface area (TPSA) is 89.3 Å². The monoisotopic (exact) mass is 214 g/mol. The number of carbonyl (C=O) groups excluding carboxylic acids is 1. The van der Waals surface area contributed by atoms with Gasteiger partial charge >= 0.3 is 0 Å². The number of nitrogens with two attached hydrogens (primary N) is 1. The quantitative estimate of drug-likeness (QED) is 0.577. The second kappa shape index (κ2) is 5.34. The third-order valence-corrected chi connectivity index (χ3v) is 1.99. The van der Waals surface area contributed by atoms with E-state index in [0.29, 0.717) is 0 Å². The zero-order chi connectivity index (χ0) is 9.61. The lowest BCUT2D eigenvalue weighted by molar-refractivity contribution is -0.120. The molecule has 0 unspecified atom stereocenters. The minimum absolute atomic E-state index is 0.0363. The summed E-state index contributed by atoms with van der Waals surface area (Å²) in [5.74, 6) is -0.295. The van der Waals surface area contributed by atoms with E-state index in [2.05, 4.69) is 5.32 Å². The third kappa shape index (κ3) is 7.77. The normalized spacial score (nSPS) is 11.2. The van der Waals surface area contributed by atoms with Crippen LogP contribution in [0.5, 0.6) is 0 Å². The van der Waals surface area contributed by atoms with E-state index in [1.165, 1.54) is 0 Å². The Balaban J connectivity index is 3.51. The van der Waals surface area contributed by atoms with Crippen LogP contribution in [0, 0.1) is 0 Å². The Morgan fingerprint density at radius 3 is 2.50 bits per heavy atom. The van der Waals surface area contributed by atoms with Gasteiger partial charge in [-0.1, -0.05) is 0 Å². The van der Waals surface area contributed by atoms with Gasteiger partial charge in [-0.15, -0.1) is 11.6 Å². The highest BCUT2D eigenvalue weighted by Crippen LogP contribution is 1.83. The zero-order valence-electron chi connectivity index (χ0n) is 6.42. The van der Waals surface area contributed by atoms with Crippen molar-refractivity contribution in [3.8, 4) is 0 Å². The van der Waals surface area contributed by atoms with Crippen molar-refractivity contribution in [1.29, 1.82) is 0 Å². The lowest BCUT2D eigenvalue weighted by atomic mass is 10.4. The Bertz CT molecular complexity index is 239. The molecule has 0 bridgehead atoms. The van der Waals surface area contributed by atoms with Gasteiger partial charge in [0.25, 0.3) is 0 Å². The first-order valence-corrected chi connectivity index (χ1v) is 5.54. The van der Waals surface area contributed by atoms with Crippen LogP contribution in [0.15, 0.2) is 0 Å². The summed E-state index contributed by atoms with van der Waals surface area (Å²) in [6.45, 7) is 0.0363. The number of amides is 1. The van der Waals surface area contributed by atoms with Gasteiger partial charge in [0, 0.05) is 18.8 Å². The number of rotatable bonds is 5. The van der Waals surface area contributed by atoms with Gasteiger partial charge < -0.3 is 5.32 Å². The van der Waals surface area contributed by atoms with Crippen molar-refractivity contribution in [3.05, 3.63) is 0 Å². The molecular weight excluding hydrogens is 204 g/mol. The molecule has 0 heterocycles. The standard InChI is InChI=1S/C5H11ClN2O3S/c6-2-1-5(9)8-3-4-12(7,10)11/h1-4H2,(H,8,9)(H2,7,10,11). The molecule has 0 saturated carbocycles. The molecule has 3 N–H and O–H groups in total. The smallest absolute Gasteiger partial charge is 0.221 e. The Hall–Kier alpha value is -0.330. The average molecular weight is 215 g/mol. The van der Waals surface area contributed by atoms with Crippen molar-refractivity contribution in [3.63, 3.8) is 0 Å². The summed E-state index contributed by atoms with van der Waals surface area (Å²) in [6, 6.07) is 0. The van der Waals surface area contributed by atoms with Gasteiger partial charge in [0.05, 0.1) is 5.75 Å². The maximum atomic E-state index is 10.7. The van der Waals surface area contributed by atoms with Gasteiger partial charge in [-0.3, -0.25) is 4.79 Å². The van der Waals surface area contributed by atoms with Crippen LogP contribution in [0.3, 0.4) is 0 Å². The zero-order valence-corrected chi connectivity index (χ0v) is 7.99. The molecular formula is C5H11ClN2O3S. The fraction of sp³-hybridized carbons (Fsp3) is 0.800. The van der Waals surface area contributed by atoms with Gasteiger partial charge in [0.1, 0.15) is 0 Å². The lowest BCUT2D eigenvalue weighted by Gasteiger charge is -2.01. The predicted octanol–water partition coefficient (Wildman–Crippen LogP) is -0.980. The molecule has 72 valence electrons. The van der Waals surface area contributed by atoms with Crippen molar-refractivity contribution in [1.82, 2.24) is 5.32 Å². The Kier molecular flexibility index (Phi) is 5.19. The highest BCUT2D eigenvalue weighted by molar-refractivity contribution is 7.89. The predicted molar refractivity (Wildman–Crippen MR) is 46.3 cm³/mol. The van der Waals surface area contributed by atoms with Crippen molar-refractivity contribution in [2.24, 2.45) is 5.14 Å². The number of nitrogens with one attached hydrogen (secondary N) is 1. The molecule has 0 spiro atoms. The van der Waals surface area contributed by atoms with E-state index in [4.69, 9.17) is 16.7 Å². The van der Waals surface area contributed by atoms with Gasteiger partial charge in [-0.05, 0) is 0 Å². The van der Waals surface area contributed by atoms with E-state index in [9.17, 15) is 13.2 Å². The number of hydrogen-bond acceptors (Lipinski definition) is 3. The summed E-state index contributed by atoms with van der Waals surface area (Å²) >= 11 is 5.26. The summed E-state index contributed by atoms with van der Waals surface area (Å²) in [6.07, 6.45) is 0.187. The van der Waals surface area contributed by atoms with Crippen LogP contribution in [0.1, 0.15) is 6.42 Å². The lowest BCUT2D eigenvalue weighted by Crippen LogP contribution is -2.31. The number of alkyl halides is 1. The first kappa shape index (κ1) is 11.7. The molecule has 5 nitrogen and oxygen atoms in total. The molecule has 12 heavy (non-hydrogen) atoms. The van der Waals surface area contributed by atoms with Crippen LogP contribution in [0.2, 0.25) is 0 Å². The summed E-state index contributed by atoms with van der Waals surface area (Å²) in [7, 11) is -3.48. The molecule has 0 radical (unpaired) electrons. The van der Waals surface area contributed by atoms with Crippen molar-refractivity contribution >= 4 is 27.5 Å². The molecule has 0 aromatic heterocycles. The first-order chi connectivity index (χ1) is 5.45. The second-order valence-corrected chi connectivity index (χ2v) is 4.27. The van der Waals surface area contributed by atoms with E-state index < -0.39 is 10.0 Å². The first-order valence-electron chi connectivity index (χ1n) is 3.29. The van der Waals surface area contributed by atoms with Gasteiger partial charge in [0.15, 0.2) is 0 Å². The van der Waals surface area contributed by atoms with Crippen LogP contribution < -0.4 is 10.5 Å². The second-order valence-electron chi connectivity index (χ2n) is 2.16. The molecule has 0 aliphatic heterocycles. The fourth-order valence-electron chi connectivity index (χ4n) is 0.507. The molecule has 0 saturated heterocycles. The number of halogens is 1. The maximum Gasteiger partial charge on any atom is 0.221 e. The third-order valence-electron chi connectivity index (χ3n) is 1.03. The van der Waals surface area contributed by atoms with E-state index in [0.717, 1.165) is 0 Å². The van der Waals surface area contributed by atoms with Crippen LogP contribution in [0.25, 0.3) is 0 Å². The van der Waals surface area contributed by atoms with E-state index in [1.54, 1.807) is 0 Å². The largest absolute Gasteiger partial charge is 0.355 e. The van der Waals surface area contributed by atoms with Gasteiger partial charge in [0.2, 0.25) is 15.9 Å². The average Bonchev–Trinajstić information content (AvgIpc) is 1.84. The SMILES string of the molecule is NS(=O)(=O)CCNC(=O)CCCl. The van der Waals surface area contributed by atoms with Crippen LogP contribution in [-0.4, -0.2) is 32.5 Å². The van der Waals surface area contributed by atoms with E-state index >= 15 is 0 Å². The Labute approximate surface area is 76.3 Å². The van der Waals surface area contributed by atoms with Crippen molar-refractivity contribution < 1.29 is 13.2 Å². The highest BCUT2D eigenvalue weighted by Gasteiger charge is 2.03. The summed E-state index contributed by atoms with van der Waals surface area (Å²) < 4.78 is 20.7. The highest BCUT2D eigenvalue weighted by atomic mass is 35.5. The minimum Gasteiger partial charge on any atom is -0.355 e. The van der Waals surface area contributed by atoms with Crippen LogP contribution in [-0.2, 0) is 14.8 Å². The summed E-state index contributed by atoms with van der Waals surface area (Å²) in [5.41, 5.74) is 0. The van der Waals surface area contributed by atoms with Gasteiger partial charge in [-0.25, -0.2) is 13.6 Å². The Morgan fingerprint density at radius 2 is 2.08 bits per heavy atom. The van der Waals surface area contributed by atoms with Gasteiger partial charge in [-0.2, -0.15) is 0 Å². The molecule has 0 fully saturated rings. The summed E-state index contributed by atoms with van der Waals surface area (Å²) in [5, 5.41) is 7.05. The maximum absolute atomic E-state index is 10.7. The van der Waals surface area contributed by atoms with Crippen LogP contribution >= 0.6 is 11.6 Å². The molecule has 0 rings (SSSR count). The van der Waals surface area contributed by atoms with E-state index in [-0.39, 0.29) is 30.5 Å². The molecule has 7 heteroatoms. The number of sulfonamides is 1. The fourth-order valence-corrected chi connectivity index (χ4v) is 1.07. The molecule has 1 amide bonds. The number of primary sulfonamides is 1. The van der Waals surface area contributed by atoms with Crippen LogP contribution in [0.4, 0.5) is 0 Å². The number of carbonyl (C=O) groups is 1.